The number of benzene rings is 2. The Morgan fingerprint density at radius 3 is 2.58 bits per heavy atom. The van der Waals surface area contributed by atoms with Gasteiger partial charge in [0.15, 0.2) is 0 Å². The van der Waals surface area contributed by atoms with Crippen LogP contribution in [-0.4, -0.2) is 34.0 Å². The number of amides is 1. The number of carbonyl (C=O) groups excluding carboxylic acids is 1. The van der Waals surface area contributed by atoms with Crippen molar-refractivity contribution in [2.75, 3.05) is 18.4 Å². The SMILES string of the molecule is COc1ccccc1NS(=O)(=O)c1ccc(C)c(C(=O)N[C@@H](C)CN)c1. The highest BCUT2D eigenvalue weighted by molar-refractivity contribution is 7.92. The predicted octanol–water partition coefficient (Wildman–Crippen LogP) is 1.88. The summed E-state index contributed by atoms with van der Waals surface area (Å²) < 4.78 is 33.1. The van der Waals surface area contributed by atoms with Gasteiger partial charge in [-0.1, -0.05) is 18.2 Å². The fourth-order valence-corrected chi connectivity index (χ4v) is 3.40. The van der Waals surface area contributed by atoms with Crippen LogP contribution in [0.2, 0.25) is 0 Å². The van der Waals surface area contributed by atoms with E-state index < -0.39 is 10.0 Å². The van der Waals surface area contributed by atoms with Crippen LogP contribution < -0.4 is 20.5 Å². The highest BCUT2D eigenvalue weighted by Crippen LogP contribution is 2.26. The van der Waals surface area contributed by atoms with Crippen molar-refractivity contribution in [2.24, 2.45) is 5.73 Å². The fourth-order valence-electron chi connectivity index (χ4n) is 2.31. The van der Waals surface area contributed by atoms with Gasteiger partial charge in [-0.15, -0.1) is 0 Å². The van der Waals surface area contributed by atoms with E-state index in [0.29, 0.717) is 17.0 Å². The number of carbonyl (C=O) groups is 1. The Labute approximate surface area is 153 Å². The topological polar surface area (TPSA) is 111 Å². The fraction of sp³-hybridized carbons (Fsp3) is 0.278. The number of anilines is 1. The monoisotopic (exact) mass is 377 g/mol. The normalized spacial score (nSPS) is 12.3. The van der Waals surface area contributed by atoms with Crippen molar-refractivity contribution >= 4 is 21.6 Å². The molecular formula is C18H23N3O4S. The highest BCUT2D eigenvalue weighted by atomic mass is 32.2. The van der Waals surface area contributed by atoms with Crippen molar-refractivity contribution in [3.63, 3.8) is 0 Å². The molecule has 0 radical (unpaired) electrons. The van der Waals surface area contributed by atoms with Crippen molar-refractivity contribution < 1.29 is 17.9 Å². The maximum absolute atomic E-state index is 12.7. The van der Waals surface area contributed by atoms with E-state index in [9.17, 15) is 13.2 Å². The Morgan fingerprint density at radius 1 is 1.23 bits per heavy atom. The van der Waals surface area contributed by atoms with Crippen molar-refractivity contribution in [1.29, 1.82) is 0 Å². The molecule has 0 saturated carbocycles. The Bertz CT molecular complexity index is 897. The molecule has 0 spiro atoms. The number of para-hydroxylation sites is 2. The standard InChI is InChI=1S/C18H23N3O4S/c1-12-8-9-14(10-15(12)18(22)20-13(2)11-19)26(23,24)21-16-6-4-5-7-17(16)25-3/h4-10,13,21H,11,19H2,1-3H3,(H,20,22)/t13-/m0/s1. The number of methoxy groups -OCH3 is 1. The highest BCUT2D eigenvalue weighted by Gasteiger charge is 2.20. The van der Waals surface area contributed by atoms with Crippen LogP contribution in [0.4, 0.5) is 5.69 Å². The lowest BCUT2D eigenvalue weighted by Gasteiger charge is -2.15. The van der Waals surface area contributed by atoms with Crippen molar-refractivity contribution in [3.05, 3.63) is 53.6 Å². The van der Waals surface area contributed by atoms with E-state index in [4.69, 9.17) is 10.5 Å². The Hall–Kier alpha value is -2.58. The number of hydrogen-bond donors (Lipinski definition) is 3. The largest absolute Gasteiger partial charge is 0.495 e. The van der Waals surface area contributed by atoms with Crippen LogP contribution in [0.15, 0.2) is 47.4 Å². The summed E-state index contributed by atoms with van der Waals surface area (Å²) in [6.07, 6.45) is 0. The van der Waals surface area contributed by atoms with Gasteiger partial charge in [0.25, 0.3) is 15.9 Å². The number of nitrogens with two attached hydrogens (primary N) is 1. The summed E-state index contributed by atoms with van der Waals surface area (Å²) in [5, 5.41) is 2.73. The van der Waals surface area contributed by atoms with Crippen LogP contribution >= 0.6 is 0 Å². The minimum absolute atomic E-state index is 0.0143. The van der Waals surface area contributed by atoms with Gasteiger partial charge in [0.2, 0.25) is 0 Å². The molecular weight excluding hydrogens is 354 g/mol. The maximum Gasteiger partial charge on any atom is 0.262 e. The number of hydrogen-bond acceptors (Lipinski definition) is 5. The van der Waals surface area contributed by atoms with Gasteiger partial charge in [-0.25, -0.2) is 8.42 Å². The third-order valence-corrected chi connectivity index (χ3v) is 5.21. The van der Waals surface area contributed by atoms with Gasteiger partial charge in [0.1, 0.15) is 5.75 Å². The Balaban J connectivity index is 2.35. The third-order valence-electron chi connectivity index (χ3n) is 3.85. The van der Waals surface area contributed by atoms with Gasteiger partial charge in [-0.05, 0) is 43.7 Å². The molecule has 0 fully saturated rings. The molecule has 0 aliphatic rings. The second-order valence-corrected chi connectivity index (χ2v) is 7.58. The molecule has 0 bridgehead atoms. The lowest BCUT2D eigenvalue weighted by molar-refractivity contribution is 0.0940. The zero-order chi connectivity index (χ0) is 19.3. The van der Waals surface area contributed by atoms with E-state index in [1.165, 1.54) is 19.2 Å². The molecule has 7 nitrogen and oxygen atoms in total. The molecule has 4 N–H and O–H groups in total. The summed E-state index contributed by atoms with van der Waals surface area (Å²) in [7, 11) is -2.43. The molecule has 26 heavy (non-hydrogen) atoms. The molecule has 0 aliphatic carbocycles. The molecule has 1 atom stereocenters. The molecule has 0 saturated heterocycles. The van der Waals surface area contributed by atoms with Gasteiger partial charge in [0, 0.05) is 18.2 Å². The zero-order valence-electron chi connectivity index (χ0n) is 14.9. The number of ether oxygens (including phenoxy) is 1. The Morgan fingerprint density at radius 2 is 1.92 bits per heavy atom. The van der Waals surface area contributed by atoms with E-state index in [1.807, 2.05) is 0 Å². The van der Waals surface area contributed by atoms with Crippen molar-refractivity contribution in [1.82, 2.24) is 5.32 Å². The number of aryl methyl sites for hydroxylation is 1. The lowest BCUT2D eigenvalue weighted by atomic mass is 10.1. The second-order valence-electron chi connectivity index (χ2n) is 5.89. The van der Waals surface area contributed by atoms with Crippen LogP contribution in [0.25, 0.3) is 0 Å². The Kier molecular flexibility index (Phi) is 6.23. The molecule has 0 unspecified atom stereocenters. The van der Waals surface area contributed by atoms with E-state index in [1.54, 1.807) is 44.2 Å². The molecule has 0 aromatic heterocycles. The van der Waals surface area contributed by atoms with Crippen molar-refractivity contribution in [2.45, 2.75) is 24.8 Å². The molecule has 140 valence electrons. The van der Waals surface area contributed by atoms with Crippen LogP contribution in [0.5, 0.6) is 5.75 Å². The zero-order valence-corrected chi connectivity index (χ0v) is 15.8. The quantitative estimate of drug-likeness (QED) is 0.682. The number of sulfonamides is 1. The van der Waals surface area contributed by atoms with Crippen molar-refractivity contribution in [3.8, 4) is 5.75 Å². The first-order valence-corrected chi connectivity index (χ1v) is 9.54. The summed E-state index contributed by atoms with van der Waals surface area (Å²) in [4.78, 5) is 12.4. The van der Waals surface area contributed by atoms with Crippen LogP contribution in [-0.2, 0) is 10.0 Å². The summed E-state index contributed by atoms with van der Waals surface area (Å²) in [5.41, 5.74) is 6.79. The lowest BCUT2D eigenvalue weighted by Crippen LogP contribution is -2.38. The van der Waals surface area contributed by atoms with Gasteiger partial charge < -0.3 is 15.8 Å². The average Bonchev–Trinajstić information content (AvgIpc) is 2.61. The summed E-state index contributed by atoms with van der Waals surface area (Å²) in [6, 6.07) is 10.9. The predicted molar refractivity (Wildman–Crippen MR) is 101 cm³/mol. The third kappa shape index (κ3) is 4.53. The molecule has 8 heteroatoms. The summed E-state index contributed by atoms with van der Waals surface area (Å²) in [5.74, 6) is 0.0349. The minimum atomic E-state index is -3.89. The number of nitrogens with one attached hydrogen (secondary N) is 2. The van der Waals surface area contributed by atoms with Crippen LogP contribution in [0, 0.1) is 6.92 Å². The van der Waals surface area contributed by atoms with Gasteiger partial charge in [-0.2, -0.15) is 0 Å². The average molecular weight is 377 g/mol. The van der Waals surface area contributed by atoms with E-state index >= 15 is 0 Å². The van der Waals surface area contributed by atoms with Crippen LogP contribution in [0.3, 0.4) is 0 Å². The minimum Gasteiger partial charge on any atom is -0.495 e. The van der Waals surface area contributed by atoms with Gasteiger partial charge in [-0.3, -0.25) is 9.52 Å². The van der Waals surface area contributed by atoms with E-state index in [2.05, 4.69) is 10.0 Å². The molecule has 1 amide bonds. The smallest absolute Gasteiger partial charge is 0.262 e. The molecule has 2 aromatic rings. The molecule has 0 heterocycles. The molecule has 2 aromatic carbocycles. The first kappa shape index (κ1) is 19.7. The summed E-state index contributed by atoms with van der Waals surface area (Å²) >= 11 is 0. The van der Waals surface area contributed by atoms with Gasteiger partial charge >= 0.3 is 0 Å². The van der Waals surface area contributed by atoms with Crippen LogP contribution in [0.1, 0.15) is 22.8 Å². The van der Waals surface area contributed by atoms with Gasteiger partial charge in [0.05, 0.1) is 17.7 Å². The number of rotatable bonds is 7. The first-order chi connectivity index (χ1) is 12.3. The van der Waals surface area contributed by atoms with E-state index in [0.717, 1.165) is 0 Å². The first-order valence-electron chi connectivity index (χ1n) is 8.06. The van der Waals surface area contributed by atoms with E-state index in [-0.39, 0.29) is 29.0 Å². The second kappa shape index (κ2) is 8.20. The summed E-state index contributed by atoms with van der Waals surface area (Å²) in [6.45, 7) is 3.81. The molecule has 2 rings (SSSR count). The molecule has 0 aliphatic heterocycles. The maximum atomic E-state index is 12.7.